The van der Waals surface area contributed by atoms with Crippen molar-refractivity contribution < 1.29 is 9.90 Å². The van der Waals surface area contributed by atoms with Crippen LogP contribution in [0.3, 0.4) is 0 Å². The molecule has 0 spiro atoms. The minimum absolute atomic E-state index is 0.123. The number of thioether (sulfide) groups is 1. The number of hydrogen-bond acceptors (Lipinski definition) is 3. The molecule has 2 rings (SSSR count). The molecule has 2 atom stereocenters. The molecule has 2 N–H and O–H groups in total. The maximum absolute atomic E-state index is 12.1. The highest BCUT2D eigenvalue weighted by molar-refractivity contribution is 9.10. The van der Waals surface area contributed by atoms with Gasteiger partial charge in [0.25, 0.3) is 5.91 Å². The number of amides is 1. The van der Waals surface area contributed by atoms with Crippen LogP contribution < -0.4 is 5.32 Å². The number of carbonyl (C=O) groups is 1. The fraction of sp³-hybridized carbons (Fsp3) is 0.462. The molecule has 0 aliphatic carbocycles. The van der Waals surface area contributed by atoms with Crippen LogP contribution in [0.25, 0.3) is 0 Å². The molecular weight excluding hydrogens is 314 g/mol. The molecule has 5 heteroatoms. The molecule has 1 aliphatic rings. The standard InChI is InChI=1S/C13H16BrNO2S/c1-9(10-4-2-3-5-11(10)14)15-12(16)13(17)6-7-18-8-13/h2-5,9,17H,6-8H2,1H3,(H,15,16). The fourth-order valence-electron chi connectivity index (χ4n) is 1.97. The summed E-state index contributed by atoms with van der Waals surface area (Å²) in [5.41, 5.74) is -0.180. The first-order chi connectivity index (χ1) is 8.53. The maximum Gasteiger partial charge on any atom is 0.253 e. The summed E-state index contributed by atoms with van der Waals surface area (Å²) in [5.74, 6) is 1.06. The number of rotatable bonds is 3. The summed E-state index contributed by atoms with van der Waals surface area (Å²) in [6, 6.07) is 7.65. The highest BCUT2D eigenvalue weighted by Crippen LogP contribution is 2.29. The van der Waals surface area contributed by atoms with E-state index < -0.39 is 5.60 Å². The second-order valence-corrected chi connectivity index (χ2v) is 6.51. The third-order valence-corrected chi connectivity index (χ3v) is 5.04. The van der Waals surface area contributed by atoms with E-state index in [1.54, 1.807) is 11.8 Å². The Morgan fingerprint density at radius 1 is 1.56 bits per heavy atom. The molecule has 1 aromatic carbocycles. The van der Waals surface area contributed by atoms with Crippen molar-refractivity contribution in [2.24, 2.45) is 0 Å². The second-order valence-electron chi connectivity index (χ2n) is 4.55. The summed E-state index contributed by atoms with van der Waals surface area (Å²) in [6.45, 7) is 1.92. The molecule has 3 nitrogen and oxygen atoms in total. The summed E-state index contributed by atoms with van der Waals surface area (Å²) in [7, 11) is 0. The van der Waals surface area contributed by atoms with Crippen molar-refractivity contribution in [2.75, 3.05) is 11.5 Å². The predicted molar refractivity (Wildman–Crippen MR) is 77.6 cm³/mol. The highest BCUT2D eigenvalue weighted by atomic mass is 79.9. The topological polar surface area (TPSA) is 49.3 Å². The van der Waals surface area contributed by atoms with Gasteiger partial charge < -0.3 is 10.4 Å². The van der Waals surface area contributed by atoms with Gasteiger partial charge in [0, 0.05) is 10.2 Å². The highest BCUT2D eigenvalue weighted by Gasteiger charge is 2.39. The van der Waals surface area contributed by atoms with Crippen molar-refractivity contribution in [1.82, 2.24) is 5.32 Å². The van der Waals surface area contributed by atoms with E-state index in [0.29, 0.717) is 12.2 Å². The molecule has 98 valence electrons. The van der Waals surface area contributed by atoms with Crippen molar-refractivity contribution in [1.29, 1.82) is 0 Å². The third-order valence-electron chi connectivity index (χ3n) is 3.14. The fourth-order valence-corrected chi connectivity index (χ4v) is 3.84. The van der Waals surface area contributed by atoms with Crippen molar-refractivity contribution >= 4 is 33.6 Å². The van der Waals surface area contributed by atoms with Crippen LogP contribution in [0.1, 0.15) is 24.9 Å². The molecule has 0 aromatic heterocycles. The average molecular weight is 330 g/mol. The number of halogens is 1. The Morgan fingerprint density at radius 3 is 2.89 bits per heavy atom. The summed E-state index contributed by atoms with van der Waals surface area (Å²) in [4.78, 5) is 12.1. The lowest BCUT2D eigenvalue weighted by molar-refractivity contribution is -0.137. The molecule has 1 heterocycles. The lowest BCUT2D eigenvalue weighted by Gasteiger charge is -2.24. The van der Waals surface area contributed by atoms with Gasteiger partial charge >= 0.3 is 0 Å². The molecule has 1 aromatic rings. The Bertz CT molecular complexity index is 446. The van der Waals surface area contributed by atoms with E-state index in [1.807, 2.05) is 31.2 Å². The van der Waals surface area contributed by atoms with Gasteiger partial charge in [0.05, 0.1) is 6.04 Å². The third kappa shape index (κ3) is 2.90. The zero-order chi connectivity index (χ0) is 13.2. The van der Waals surface area contributed by atoms with Crippen LogP contribution in [-0.4, -0.2) is 28.1 Å². The van der Waals surface area contributed by atoms with Crippen LogP contribution in [0.2, 0.25) is 0 Å². The number of carbonyl (C=O) groups excluding carboxylic acids is 1. The van der Waals surface area contributed by atoms with E-state index in [9.17, 15) is 9.90 Å². The monoisotopic (exact) mass is 329 g/mol. The summed E-state index contributed by atoms with van der Waals surface area (Å²) >= 11 is 5.08. The van der Waals surface area contributed by atoms with Gasteiger partial charge in [0.1, 0.15) is 0 Å². The number of hydrogen-bond donors (Lipinski definition) is 2. The Labute approximate surface area is 119 Å². The quantitative estimate of drug-likeness (QED) is 0.895. The lowest BCUT2D eigenvalue weighted by atomic mass is 10.0. The van der Waals surface area contributed by atoms with Gasteiger partial charge in [-0.1, -0.05) is 34.1 Å². The molecule has 0 bridgehead atoms. The van der Waals surface area contributed by atoms with E-state index in [2.05, 4.69) is 21.2 Å². The second kappa shape index (κ2) is 5.63. The normalized spacial score (nSPS) is 24.8. The SMILES string of the molecule is CC(NC(=O)C1(O)CCSC1)c1ccccc1Br. The van der Waals surface area contributed by atoms with Gasteiger partial charge in [-0.25, -0.2) is 0 Å². The van der Waals surface area contributed by atoms with Crippen molar-refractivity contribution in [3.05, 3.63) is 34.3 Å². The van der Waals surface area contributed by atoms with Gasteiger partial charge in [-0.05, 0) is 30.7 Å². The number of aliphatic hydroxyl groups is 1. The van der Waals surface area contributed by atoms with Crippen LogP contribution in [0.4, 0.5) is 0 Å². The molecule has 18 heavy (non-hydrogen) atoms. The zero-order valence-corrected chi connectivity index (χ0v) is 12.6. The lowest BCUT2D eigenvalue weighted by Crippen LogP contribution is -2.47. The summed E-state index contributed by atoms with van der Waals surface area (Å²) in [5, 5.41) is 13.1. The zero-order valence-electron chi connectivity index (χ0n) is 10.1. The van der Waals surface area contributed by atoms with Gasteiger partial charge in [0.15, 0.2) is 5.60 Å². The summed E-state index contributed by atoms with van der Waals surface area (Å²) in [6.07, 6.45) is 0.534. The van der Waals surface area contributed by atoms with Gasteiger partial charge in [-0.3, -0.25) is 4.79 Å². The first-order valence-corrected chi connectivity index (χ1v) is 7.83. The molecular formula is C13H16BrNO2S. The van der Waals surface area contributed by atoms with E-state index in [4.69, 9.17) is 0 Å². The molecule has 2 unspecified atom stereocenters. The van der Waals surface area contributed by atoms with Crippen LogP contribution in [0.5, 0.6) is 0 Å². The molecule has 1 aliphatic heterocycles. The minimum Gasteiger partial charge on any atom is -0.379 e. The molecule has 0 radical (unpaired) electrons. The van der Waals surface area contributed by atoms with Gasteiger partial charge in [-0.2, -0.15) is 11.8 Å². The Morgan fingerprint density at radius 2 is 2.28 bits per heavy atom. The van der Waals surface area contributed by atoms with Crippen LogP contribution in [0, 0.1) is 0 Å². The predicted octanol–water partition coefficient (Wildman–Crippen LogP) is 2.49. The smallest absolute Gasteiger partial charge is 0.253 e. The van der Waals surface area contributed by atoms with Crippen molar-refractivity contribution in [3.8, 4) is 0 Å². The largest absolute Gasteiger partial charge is 0.379 e. The van der Waals surface area contributed by atoms with Gasteiger partial charge in [0.2, 0.25) is 0 Å². The maximum atomic E-state index is 12.1. The molecule has 1 fully saturated rings. The van der Waals surface area contributed by atoms with E-state index in [1.165, 1.54) is 0 Å². The van der Waals surface area contributed by atoms with Crippen LogP contribution >= 0.6 is 27.7 Å². The average Bonchev–Trinajstić information content (AvgIpc) is 2.78. The van der Waals surface area contributed by atoms with Gasteiger partial charge in [-0.15, -0.1) is 0 Å². The van der Waals surface area contributed by atoms with Crippen LogP contribution in [0.15, 0.2) is 28.7 Å². The Balaban J connectivity index is 2.06. The van der Waals surface area contributed by atoms with Crippen LogP contribution in [-0.2, 0) is 4.79 Å². The molecule has 1 saturated heterocycles. The van der Waals surface area contributed by atoms with E-state index in [0.717, 1.165) is 15.8 Å². The number of nitrogens with one attached hydrogen (secondary N) is 1. The first kappa shape index (κ1) is 13.9. The Kier molecular flexibility index (Phi) is 4.35. The minimum atomic E-state index is -1.19. The number of benzene rings is 1. The van der Waals surface area contributed by atoms with Crippen molar-refractivity contribution in [3.63, 3.8) is 0 Å². The molecule has 1 amide bonds. The van der Waals surface area contributed by atoms with Crippen molar-refractivity contribution in [2.45, 2.75) is 25.0 Å². The van der Waals surface area contributed by atoms with E-state index >= 15 is 0 Å². The molecule has 0 saturated carbocycles. The van der Waals surface area contributed by atoms with E-state index in [-0.39, 0.29) is 11.9 Å². The first-order valence-electron chi connectivity index (χ1n) is 5.88. The Hall–Kier alpha value is -0.520. The summed E-state index contributed by atoms with van der Waals surface area (Å²) < 4.78 is 0.964.